The SMILES string of the molecule is CC[C@@H]1C(=O)NCCCN1C(=O)c1csc(-c2cnn(-c3ccccc3)c2)n1. The van der Waals surface area contributed by atoms with Gasteiger partial charge in [0.1, 0.15) is 16.7 Å². The first-order valence-corrected chi connectivity index (χ1v) is 10.2. The second-order valence-electron chi connectivity index (χ2n) is 6.61. The highest BCUT2D eigenvalue weighted by atomic mass is 32.1. The van der Waals surface area contributed by atoms with Gasteiger partial charge in [-0.05, 0) is 25.0 Å². The molecule has 1 atom stereocenters. The Morgan fingerprint density at radius 1 is 1.32 bits per heavy atom. The van der Waals surface area contributed by atoms with Gasteiger partial charge < -0.3 is 10.2 Å². The molecular weight excluding hydrogens is 374 g/mol. The molecule has 144 valence electrons. The van der Waals surface area contributed by atoms with E-state index in [1.165, 1.54) is 11.3 Å². The molecule has 0 bridgehead atoms. The topological polar surface area (TPSA) is 80.1 Å². The smallest absolute Gasteiger partial charge is 0.274 e. The molecule has 1 aliphatic heterocycles. The number of hydrogen-bond acceptors (Lipinski definition) is 5. The molecule has 1 aromatic carbocycles. The lowest BCUT2D eigenvalue weighted by molar-refractivity contribution is -0.124. The highest BCUT2D eigenvalue weighted by Gasteiger charge is 2.31. The highest BCUT2D eigenvalue weighted by molar-refractivity contribution is 7.13. The summed E-state index contributed by atoms with van der Waals surface area (Å²) < 4.78 is 1.78. The van der Waals surface area contributed by atoms with Crippen molar-refractivity contribution in [1.29, 1.82) is 0 Å². The molecule has 0 radical (unpaired) electrons. The average molecular weight is 395 g/mol. The molecule has 3 aromatic rings. The lowest BCUT2D eigenvalue weighted by Gasteiger charge is -2.26. The molecule has 7 nitrogen and oxygen atoms in total. The van der Waals surface area contributed by atoms with Gasteiger partial charge in [0.25, 0.3) is 5.91 Å². The van der Waals surface area contributed by atoms with Gasteiger partial charge >= 0.3 is 0 Å². The quantitative estimate of drug-likeness (QED) is 0.737. The lowest BCUT2D eigenvalue weighted by atomic mass is 10.1. The Morgan fingerprint density at radius 3 is 2.93 bits per heavy atom. The van der Waals surface area contributed by atoms with Crippen LogP contribution in [-0.2, 0) is 4.79 Å². The van der Waals surface area contributed by atoms with Gasteiger partial charge in [-0.2, -0.15) is 5.10 Å². The van der Waals surface area contributed by atoms with E-state index < -0.39 is 6.04 Å². The first kappa shape index (κ1) is 18.4. The van der Waals surface area contributed by atoms with Crippen LogP contribution in [0, 0.1) is 0 Å². The molecule has 3 heterocycles. The summed E-state index contributed by atoms with van der Waals surface area (Å²) in [7, 11) is 0. The largest absolute Gasteiger partial charge is 0.354 e. The molecule has 0 saturated carbocycles. The third-order valence-corrected chi connectivity index (χ3v) is 5.67. The first-order chi connectivity index (χ1) is 13.7. The van der Waals surface area contributed by atoms with Gasteiger partial charge in [0.15, 0.2) is 0 Å². The fourth-order valence-corrected chi connectivity index (χ4v) is 4.10. The molecule has 1 aliphatic rings. The summed E-state index contributed by atoms with van der Waals surface area (Å²) in [5, 5.41) is 9.75. The minimum Gasteiger partial charge on any atom is -0.354 e. The molecule has 2 amide bonds. The molecule has 0 aliphatic carbocycles. The van der Waals surface area contributed by atoms with E-state index in [0.29, 0.717) is 25.2 Å². The van der Waals surface area contributed by atoms with Crippen molar-refractivity contribution < 1.29 is 9.59 Å². The number of hydrogen-bond donors (Lipinski definition) is 1. The van der Waals surface area contributed by atoms with E-state index in [1.807, 2.05) is 43.5 Å². The molecule has 2 aromatic heterocycles. The Labute approximate surface area is 167 Å². The van der Waals surface area contributed by atoms with E-state index in [1.54, 1.807) is 21.2 Å². The van der Waals surface area contributed by atoms with Gasteiger partial charge in [-0.1, -0.05) is 25.1 Å². The molecule has 0 unspecified atom stereocenters. The Balaban J connectivity index is 1.56. The van der Waals surface area contributed by atoms with Crippen molar-refractivity contribution in [2.75, 3.05) is 13.1 Å². The summed E-state index contributed by atoms with van der Waals surface area (Å²) in [5.74, 6) is -0.283. The number of amides is 2. The van der Waals surface area contributed by atoms with Crippen LogP contribution < -0.4 is 5.32 Å². The second kappa shape index (κ2) is 7.93. The summed E-state index contributed by atoms with van der Waals surface area (Å²) in [4.78, 5) is 31.4. The zero-order chi connectivity index (χ0) is 19.5. The van der Waals surface area contributed by atoms with E-state index in [-0.39, 0.29) is 11.8 Å². The van der Waals surface area contributed by atoms with Crippen LogP contribution >= 0.6 is 11.3 Å². The zero-order valence-corrected chi connectivity index (χ0v) is 16.4. The number of rotatable bonds is 4. The van der Waals surface area contributed by atoms with Crippen LogP contribution in [0.1, 0.15) is 30.3 Å². The number of para-hydroxylation sites is 1. The van der Waals surface area contributed by atoms with Crippen molar-refractivity contribution in [1.82, 2.24) is 25.0 Å². The van der Waals surface area contributed by atoms with Crippen molar-refractivity contribution in [2.24, 2.45) is 0 Å². The average Bonchev–Trinajstić information content (AvgIpc) is 3.36. The molecule has 0 spiro atoms. The van der Waals surface area contributed by atoms with Gasteiger partial charge in [0, 0.05) is 30.2 Å². The number of carbonyl (C=O) groups is 2. The van der Waals surface area contributed by atoms with Crippen LogP contribution in [0.4, 0.5) is 0 Å². The summed E-state index contributed by atoms with van der Waals surface area (Å²) in [6.45, 7) is 3.06. The first-order valence-electron chi connectivity index (χ1n) is 9.32. The van der Waals surface area contributed by atoms with Crippen molar-refractivity contribution in [3.8, 4) is 16.3 Å². The molecule has 4 rings (SSSR count). The van der Waals surface area contributed by atoms with Crippen molar-refractivity contribution in [3.63, 3.8) is 0 Å². The standard InChI is InChI=1S/C20H21N5O2S/c1-2-17-18(26)21-9-6-10-24(17)20(27)16-13-28-19(23-16)14-11-22-25(12-14)15-7-4-3-5-8-15/h3-5,7-8,11-13,17H,2,6,9-10H2,1H3,(H,21,26)/t17-/m1/s1. The van der Waals surface area contributed by atoms with Crippen LogP contribution in [0.15, 0.2) is 48.1 Å². The van der Waals surface area contributed by atoms with Gasteiger partial charge in [0.05, 0.1) is 11.9 Å². The molecular formula is C20H21N5O2S. The number of benzene rings is 1. The maximum Gasteiger partial charge on any atom is 0.274 e. The maximum absolute atomic E-state index is 13.0. The monoisotopic (exact) mass is 395 g/mol. The van der Waals surface area contributed by atoms with E-state index in [0.717, 1.165) is 22.7 Å². The van der Waals surface area contributed by atoms with Crippen molar-refractivity contribution in [2.45, 2.75) is 25.8 Å². The summed E-state index contributed by atoms with van der Waals surface area (Å²) >= 11 is 1.41. The lowest BCUT2D eigenvalue weighted by Crippen LogP contribution is -2.46. The second-order valence-corrected chi connectivity index (χ2v) is 7.47. The van der Waals surface area contributed by atoms with Crippen molar-refractivity contribution >= 4 is 23.2 Å². The van der Waals surface area contributed by atoms with E-state index in [9.17, 15) is 9.59 Å². The number of carbonyl (C=O) groups excluding carboxylic acids is 2. The maximum atomic E-state index is 13.0. The summed E-state index contributed by atoms with van der Waals surface area (Å²) in [5.41, 5.74) is 2.19. The third kappa shape index (κ3) is 3.55. The Bertz CT molecular complexity index is 981. The predicted molar refractivity (Wildman–Crippen MR) is 107 cm³/mol. The highest BCUT2D eigenvalue weighted by Crippen LogP contribution is 2.25. The Kier molecular flexibility index (Phi) is 5.21. The summed E-state index contributed by atoms with van der Waals surface area (Å²) in [6, 6.07) is 9.38. The third-order valence-electron chi connectivity index (χ3n) is 4.78. The fraction of sp³-hybridized carbons (Fsp3) is 0.300. The number of nitrogens with zero attached hydrogens (tertiary/aromatic N) is 4. The normalized spacial score (nSPS) is 17.2. The van der Waals surface area contributed by atoms with E-state index >= 15 is 0 Å². The Morgan fingerprint density at radius 2 is 2.14 bits per heavy atom. The van der Waals surface area contributed by atoms with Crippen molar-refractivity contribution in [3.05, 3.63) is 53.8 Å². The van der Waals surface area contributed by atoms with Crippen LogP contribution in [0.2, 0.25) is 0 Å². The van der Waals surface area contributed by atoms with Gasteiger partial charge in [-0.25, -0.2) is 9.67 Å². The molecule has 8 heteroatoms. The number of thiazole rings is 1. The van der Waals surface area contributed by atoms with Gasteiger partial charge in [-0.3, -0.25) is 9.59 Å². The fourth-order valence-electron chi connectivity index (χ4n) is 3.33. The Hall–Kier alpha value is -3.00. The predicted octanol–water partition coefficient (Wildman–Crippen LogP) is 2.74. The minimum atomic E-state index is -0.444. The van der Waals surface area contributed by atoms with Crippen LogP contribution in [-0.4, -0.2) is 50.6 Å². The molecule has 28 heavy (non-hydrogen) atoms. The van der Waals surface area contributed by atoms with Crippen LogP contribution in [0.5, 0.6) is 0 Å². The number of nitrogens with one attached hydrogen (secondary N) is 1. The molecule has 1 N–H and O–H groups in total. The van der Waals surface area contributed by atoms with Gasteiger partial charge in [-0.15, -0.1) is 11.3 Å². The van der Waals surface area contributed by atoms with Crippen LogP contribution in [0.25, 0.3) is 16.3 Å². The number of aromatic nitrogens is 3. The molecule has 1 fully saturated rings. The summed E-state index contributed by atoms with van der Waals surface area (Å²) in [6.07, 6.45) is 4.97. The minimum absolute atomic E-state index is 0.0899. The zero-order valence-electron chi connectivity index (χ0n) is 15.5. The molecule has 1 saturated heterocycles. The van der Waals surface area contributed by atoms with E-state index in [4.69, 9.17) is 0 Å². The van der Waals surface area contributed by atoms with Gasteiger partial charge in [0.2, 0.25) is 5.91 Å². The van der Waals surface area contributed by atoms with Crippen LogP contribution in [0.3, 0.4) is 0 Å². The van der Waals surface area contributed by atoms with E-state index in [2.05, 4.69) is 15.4 Å².